The van der Waals surface area contributed by atoms with Gasteiger partial charge < -0.3 is 14.6 Å². The normalized spacial score (nSPS) is 13.9. The first kappa shape index (κ1) is 23.1. The maximum absolute atomic E-state index is 15.0. The van der Waals surface area contributed by atoms with Crippen LogP contribution in [0.2, 0.25) is 0 Å². The Bertz CT molecular complexity index is 1560. The number of rotatable bonds is 4. The summed E-state index contributed by atoms with van der Waals surface area (Å²) in [6.45, 7) is 2.63. The quantitative estimate of drug-likeness (QED) is 0.436. The van der Waals surface area contributed by atoms with Crippen LogP contribution in [-0.2, 0) is 22.8 Å². The second-order valence-electron chi connectivity index (χ2n) is 8.71. The van der Waals surface area contributed by atoms with Crippen molar-refractivity contribution in [2.24, 2.45) is 0 Å². The van der Waals surface area contributed by atoms with E-state index < -0.39 is 15.7 Å². The van der Waals surface area contributed by atoms with Gasteiger partial charge in [0.1, 0.15) is 23.1 Å². The van der Waals surface area contributed by atoms with Crippen molar-refractivity contribution in [1.29, 1.82) is 0 Å². The highest BCUT2D eigenvalue weighted by molar-refractivity contribution is 7.90. The Morgan fingerprint density at radius 3 is 2.63 bits per heavy atom. The minimum Gasteiger partial charge on any atom is -0.491 e. The van der Waals surface area contributed by atoms with Crippen molar-refractivity contribution in [3.05, 3.63) is 83.3 Å². The summed E-state index contributed by atoms with van der Waals surface area (Å²) in [6, 6.07) is 16.7. The van der Waals surface area contributed by atoms with Gasteiger partial charge in [0.15, 0.2) is 9.84 Å². The molecule has 0 unspecified atom stereocenters. The number of carbonyl (C=O) groups excluding carboxylic acids is 1. The van der Waals surface area contributed by atoms with E-state index in [9.17, 15) is 13.2 Å². The van der Waals surface area contributed by atoms with Crippen LogP contribution in [-0.4, -0.2) is 43.6 Å². The van der Waals surface area contributed by atoms with E-state index >= 15 is 4.39 Å². The molecule has 0 spiro atoms. The highest BCUT2D eigenvalue weighted by Gasteiger charge is 2.27. The molecule has 35 heavy (non-hydrogen) atoms. The van der Waals surface area contributed by atoms with Crippen molar-refractivity contribution < 1.29 is 22.3 Å². The van der Waals surface area contributed by atoms with E-state index in [1.807, 2.05) is 30.5 Å². The average molecular weight is 493 g/mol. The van der Waals surface area contributed by atoms with E-state index in [4.69, 9.17) is 4.74 Å². The number of halogens is 1. The zero-order chi connectivity index (χ0) is 24.7. The number of sulfone groups is 1. The number of hydrogen-bond acceptors (Lipinski definition) is 4. The van der Waals surface area contributed by atoms with Crippen molar-refractivity contribution in [1.82, 2.24) is 9.88 Å². The van der Waals surface area contributed by atoms with E-state index in [1.54, 1.807) is 11.8 Å². The second kappa shape index (κ2) is 8.85. The Morgan fingerprint density at radius 1 is 1.09 bits per heavy atom. The van der Waals surface area contributed by atoms with E-state index in [0.717, 1.165) is 33.8 Å². The van der Waals surface area contributed by atoms with Gasteiger partial charge in [-0.05, 0) is 59.3 Å². The Morgan fingerprint density at radius 2 is 1.86 bits per heavy atom. The first-order valence-electron chi connectivity index (χ1n) is 11.4. The third-order valence-corrected chi connectivity index (χ3v) is 7.52. The molecule has 4 aromatic rings. The van der Waals surface area contributed by atoms with Crippen LogP contribution < -0.4 is 4.74 Å². The molecule has 0 saturated heterocycles. The van der Waals surface area contributed by atoms with E-state index in [1.165, 1.54) is 12.1 Å². The zero-order valence-corrected chi connectivity index (χ0v) is 20.3. The molecular formula is C27H25FN2O4S. The number of H-pyrrole nitrogens is 1. The number of aromatic amines is 1. The molecule has 2 heterocycles. The zero-order valence-electron chi connectivity index (χ0n) is 19.5. The molecule has 5 rings (SSSR count). The molecular weight excluding hydrogens is 467 g/mol. The maximum atomic E-state index is 15.0. The summed E-state index contributed by atoms with van der Waals surface area (Å²) in [5.74, 6) is -0.496. The van der Waals surface area contributed by atoms with Gasteiger partial charge in [-0.2, -0.15) is 0 Å². The molecule has 180 valence electrons. The fourth-order valence-electron chi connectivity index (χ4n) is 4.58. The van der Waals surface area contributed by atoms with Gasteiger partial charge in [-0.3, -0.25) is 4.79 Å². The first-order valence-corrected chi connectivity index (χ1v) is 13.3. The molecule has 1 aliphatic rings. The molecule has 0 aliphatic carbocycles. The SMILES string of the molecule is CCc1c(C(=O)N2CCOc3ccc(-c4ccc5cc[nH]c5c4)cc3C2)ccc(S(C)(=O)=O)c1F. The summed E-state index contributed by atoms with van der Waals surface area (Å²) in [7, 11) is -3.74. The summed E-state index contributed by atoms with van der Waals surface area (Å²) < 4.78 is 44.8. The molecule has 0 atom stereocenters. The van der Waals surface area contributed by atoms with Crippen LogP contribution in [0.25, 0.3) is 22.0 Å². The lowest BCUT2D eigenvalue weighted by Crippen LogP contribution is -2.33. The van der Waals surface area contributed by atoms with E-state index in [-0.39, 0.29) is 28.4 Å². The summed E-state index contributed by atoms with van der Waals surface area (Å²) in [5, 5.41) is 1.13. The predicted octanol–water partition coefficient (Wildman–Crippen LogP) is 4.97. The van der Waals surface area contributed by atoms with Crippen molar-refractivity contribution in [3.63, 3.8) is 0 Å². The van der Waals surface area contributed by atoms with E-state index in [0.29, 0.717) is 25.4 Å². The largest absolute Gasteiger partial charge is 0.491 e. The summed E-state index contributed by atoms with van der Waals surface area (Å²) in [4.78, 5) is 17.9. The van der Waals surface area contributed by atoms with Crippen molar-refractivity contribution in [2.45, 2.75) is 24.8 Å². The number of carbonyl (C=O) groups is 1. The lowest BCUT2D eigenvalue weighted by molar-refractivity contribution is 0.0731. The monoisotopic (exact) mass is 492 g/mol. The van der Waals surface area contributed by atoms with Crippen LogP contribution in [0.3, 0.4) is 0 Å². The topological polar surface area (TPSA) is 79.5 Å². The Hall–Kier alpha value is -3.65. The van der Waals surface area contributed by atoms with Crippen LogP contribution in [0.4, 0.5) is 4.39 Å². The van der Waals surface area contributed by atoms with Gasteiger partial charge in [0, 0.05) is 41.2 Å². The molecule has 3 aromatic carbocycles. The average Bonchev–Trinajstić information content (AvgIpc) is 3.20. The second-order valence-corrected chi connectivity index (χ2v) is 10.7. The molecule has 8 heteroatoms. The van der Waals surface area contributed by atoms with Gasteiger partial charge in [-0.25, -0.2) is 12.8 Å². The summed E-state index contributed by atoms with van der Waals surface area (Å²) in [5.41, 5.74) is 4.21. The van der Waals surface area contributed by atoms with E-state index in [2.05, 4.69) is 23.2 Å². The van der Waals surface area contributed by atoms with Gasteiger partial charge in [-0.1, -0.05) is 25.1 Å². The number of amides is 1. The highest BCUT2D eigenvalue weighted by Crippen LogP contribution is 2.32. The number of nitrogens with zero attached hydrogens (tertiary/aromatic N) is 1. The van der Waals surface area contributed by atoms with Crippen molar-refractivity contribution >= 4 is 26.6 Å². The smallest absolute Gasteiger partial charge is 0.254 e. The molecule has 1 aromatic heterocycles. The van der Waals surface area contributed by atoms with Crippen LogP contribution in [0.15, 0.2) is 65.7 Å². The molecule has 6 nitrogen and oxygen atoms in total. The van der Waals surface area contributed by atoms with Gasteiger partial charge >= 0.3 is 0 Å². The number of ether oxygens (including phenoxy) is 1. The van der Waals surface area contributed by atoms with Crippen LogP contribution in [0, 0.1) is 5.82 Å². The predicted molar refractivity (Wildman–Crippen MR) is 133 cm³/mol. The fraction of sp³-hybridized carbons (Fsp3) is 0.222. The molecule has 1 amide bonds. The van der Waals surface area contributed by atoms with Crippen molar-refractivity contribution in [3.8, 4) is 16.9 Å². The Balaban J connectivity index is 1.48. The molecule has 0 fully saturated rings. The van der Waals surface area contributed by atoms with Gasteiger partial charge in [0.25, 0.3) is 5.91 Å². The molecule has 0 bridgehead atoms. The minimum absolute atomic E-state index is 0.108. The lowest BCUT2D eigenvalue weighted by Gasteiger charge is -2.22. The number of benzene rings is 3. The lowest BCUT2D eigenvalue weighted by atomic mass is 10.0. The molecule has 1 N–H and O–H groups in total. The fourth-order valence-corrected chi connectivity index (χ4v) is 5.34. The number of nitrogens with one attached hydrogen (secondary N) is 1. The number of aromatic nitrogens is 1. The van der Waals surface area contributed by atoms with Crippen LogP contribution >= 0.6 is 0 Å². The summed E-state index contributed by atoms with van der Waals surface area (Å²) in [6.07, 6.45) is 3.06. The van der Waals surface area contributed by atoms with Crippen LogP contribution in [0.5, 0.6) is 5.75 Å². The number of hydrogen-bond donors (Lipinski definition) is 1. The van der Waals surface area contributed by atoms with Gasteiger partial charge in [0.2, 0.25) is 0 Å². The Kier molecular flexibility index (Phi) is 5.84. The number of fused-ring (bicyclic) bond motifs is 2. The van der Waals surface area contributed by atoms with Crippen molar-refractivity contribution in [2.75, 3.05) is 19.4 Å². The first-order chi connectivity index (χ1) is 16.8. The third kappa shape index (κ3) is 4.30. The van der Waals surface area contributed by atoms with Crippen LogP contribution in [0.1, 0.15) is 28.4 Å². The summed E-state index contributed by atoms with van der Waals surface area (Å²) >= 11 is 0. The molecule has 0 saturated carbocycles. The highest BCUT2D eigenvalue weighted by atomic mass is 32.2. The molecule has 1 aliphatic heterocycles. The maximum Gasteiger partial charge on any atom is 0.254 e. The van der Waals surface area contributed by atoms with Gasteiger partial charge in [-0.15, -0.1) is 0 Å². The standard InChI is InChI=1S/C27H25FN2O4S/c1-3-21-22(7-9-25(26(21)28)35(2,32)33)27(31)30-12-13-34-24-8-6-18(14-20(24)16-30)19-5-4-17-10-11-29-23(17)15-19/h4-11,14-15,29H,3,12-13,16H2,1-2H3. The molecule has 0 radical (unpaired) electrons. The Labute approximate surface area is 203 Å². The van der Waals surface area contributed by atoms with Gasteiger partial charge in [0.05, 0.1) is 6.54 Å². The minimum atomic E-state index is -3.74. The third-order valence-electron chi connectivity index (χ3n) is 6.41.